The maximum Gasteiger partial charge on any atom is 0.410 e. The van der Waals surface area contributed by atoms with Gasteiger partial charge in [-0.05, 0) is 84.4 Å². The molecule has 0 bridgehead atoms. The molecular formula is C32H44N6O6S. The predicted molar refractivity (Wildman–Crippen MR) is 168 cm³/mol. The molecule has 244 valence electrons. The second-order valence-electron chi connectivity index (χ2n) is 13.7. The molecule has 1 aromatic heterocycles. The molecule has 1 N–H and O–H groups in total. The van der Waals surface area contributed by atoms with E-state index < -0.39 is 36.9 Å². The van der Waals surface area contributed by atoms with Crippen molar-refractivity contribution in [3.05, 3.63) is 52.3 Å². The van der Waals surface area contributed by atoms with Gasteiger partial charge in [-0.25, -0.2) is 13.2 Å². The number of nitriles is 1. The first-order valence-corrected chi connectivity index (χ1v) is 16.7. The Hall–Kier alpha value is -3.92. The molecule has 1 aliphatic heterocycles. The Morgan fingerprint density at radius 2 is 1.80 bits per heavy atom. The summed E-state index contributed by atoms with van der Waals surface area (Å²) in [6, 6.07) is 8.94. The molecule has 3 amide bonds. The number of hydrogen-bond donors (Lipinski definition) is 1. The summed E-state index contributed by atoms with van der Waals surface area (Å²) in [6.45, 7) is 9.78. The van der Waals surface area contributed by atoms with E-state index in [2.05, 4.69) is 16.5 Å². The lowest BCUT2D eigenvalue weighted by Crippen LogP contribution is -2.50. The Kier molecular flexibility index (Phi) is 9.41. The zero-order valence-electron chi connectivity index (χ0n) is 27.3. The van der Waals surface area contributed by atoms with Gasteiger partial charge in [-0.2, -0.15) is 10.4 Å². The van der Waals surface area contributed by atoms with Crippen LogP contribution in [-0.4, -0.2) is 87.7 Å². The van der Waals surface area contributed by atoms with Crippen LogP contribution in [0, 0.1) is 11.3 Å². The van der Waals surface area contributed by atoms with Gasteiger partial charge in [0.1, 0.15) is 11.3 Å². The zero-order chi connectivity index (χ0) is 33.4. The van der Waals surface area contributed by atoms with Gasteiger partial charge >= 0.3 is 6.09 Å². The Balaban J connectivity index is 1.39. The standard InChI is InChI=1S/C32H44N6O6S/c1-30(2,3)44-29(41)36(6)17-8-14-31(4,5)45(42,43)32(15-16-32)21-38-18-13-24-25(35-37(7)26(24)28(38)40)27(39)34-20-23-11-9-22(19-33)10-12-23/h9-12H,8,13-18,20-21H2,1-7H3,(H,34,39). The highest BCUT2D eigenvalue weighted by Crippen LogP contribution is 2.50. The zero-order valence-corrected chi connectivity index (χ0v) is 28.1. The fourth-order valence-corrected chi connectivity index (χ4v) is 8.31. The summed E-state index contributed by atoms with van der Waals surface area (Å²) in [5.74, 6) is -0.742. The van der Waals surface area contributed by atoms with Crippen LogP contribution in [0.2, 0.25) is 0 Å². The van der Waals surface area contributed by atoms with Gasteiger partial charge in [0.15, 0.2) is 15.5 Å². The normalized spacial score (nSPS) is 16.0. The van der Waals surface area contributed by atoms with Crippen molar-refractivity contribution >= 4 is 27.7 Å². The fraction of sp³-hybridized carbons (Fsp3) is 0.594. The molecule has 0 saturated heterocycles. The average molecular weight is 641 g/mol. The molecule has 1 fully saturated rings. The first-order valence-electron chi connectivity index (χ1n) is 15.2. The van der Waals surface area contributed by atoms with E-state index in [1.807, 2.05) is 0 Å². The molecule has 45 heavy (non-hydrogen) atoms. The van der Waals surface area contributed by atoms with Crippen LogP contribution in [-0.2, 0) is 34.6 Å². The minimum absolute atomic E-state index is 0.0836. The van der Waals surface area contributed by atoms with Crippen molar-refractivity contribution in [1.29, 1.82) is 5.26 Å². The Bertz CT molecular complexity index is 1610. The van der Waals surface area contributed by atoms with E-state index in [-0.39, 0.29) is 31.2 Å². The summed E-state index contributed by atoms with van der Waals surface area (Å²) >= 11 is 0. The van der Waals surface area contributed by atoms with Crippen molar-refractivity contribution < 1.29 is 27.5 Å². The number of amides is 3. The van der Waals surface area contributed by atoms with Crippen LogP contribution in [0.15, 0.2) is 24.3 Å². The van der Waals surface area contributed by atoms with Gasteiger partial charge in [0.05, 0.1) is 21.1 Å². The molecule has 2 heterocycles. The third-order valence-electron chi connectivity index (χ3n) is 8.58. The molecular weight excluding hydrogens is 596 g/mol. The summed E-state index contributed by atoms with van der Waals surface area (Å²) in [4.78, 5) is 42.1. The van der Waals surface area contributed by atoms with Gasteiger partial charge in [0.25, 0.3) is 11.8 Å². The molecule has 0 radical (unpaired) electrons. The number of aromatic nitrogens is 2. The van der Waals surface area contributed by atoms with Gasteiger partial charge in [-0.15, -0.1) is 0 Å². The minimum atomic E-state index is -3.66. The van der Waals surface area contributed by atoms with E-state index in [0.717, 1.165) is 5.56 Å². The lowest BCUT2D eigenvalue weighted by Gasteiger charge is -2.35. The van der Waals surface area contributed by atoms with E-state index in [9.17, 15) is 22.8 Å². The van der Waals surface area contributed by atoms with Gasteiger partial charge < -0.3 is 19.9 Å². The molecule has 2 aromatic rings. The number of rotatable bonds is 11. The number of carbonyl (C=O) groups excluding carboxylic acids is 3. The maximum atomic E-state index is 14.0. The first kappa shape index (κ1) is 34.0. The molecule has 1 saturated carbocycles. The molecule has 0 spiro atoms. The molecule has 12 nitrogen and oxygen atoms in total. The Labute approximate surface area is 265 Å². The number of nitrogens with zero attached hydrogens (tertiary/aromatic N) is 5. The van der Waals surface area contributed by atoms with Gasteiger partial charge in [-0.1, -0.05) is 12.1 Å². The van der Waals surface area contributed by atoms with Crippen molar-refractivity contribution in [2.45, 2.75) is 88.4 Å². The summed E-state index contributed by atoms with van der Waals surface area (Å²) in [7, 11) is -0.418. The van der Waals surface area contributed by atoms with Crippen LogP contribution >= 0.6 is 0 Å². The second kappa shape index (κ2) is 12.5. The number of aryl methyl sites for hydroxylation is 1. The van der Waals surface area contributed by atoms with Crippen LogP contribution in [0.25, 0.3) is 0 Å². The SMILES string of the molecule is CN(CCCC(C)(C)S(=O)(=O)C1(CN2CCc3c(C(=O)NCc4ccc(C#N)cc4)nn(C)c3C2=O)CC1)C(=O)OC(C)(C)C. The first-order chi connectivity index (χ1) is 20.9. The third-order valence-corrected chi connectivity index (χ3v) is 11.9. The van der Waals surface area contributed by atoms with Gasteiger partial charge in [0.2, 0.25) is 0 Å². The number of benzene rings is 1. The summed E-state index contributed by atoms with van der Waals surface area (Å²) < 4.78 is 32.7. The minimum Gasteiger partial charge on any atom is -0.444 e. The number of sulfone groups is 1. The lowest BCUT2D eigenvalue weighted by atomic mass is 10.0. The van der Waals surface area contributed by atoms with Crippen LogP contribution in [0.4, 0.5) is 4.79 Å². The van der Waals surface area contributed by atoms with Crippen molar-refractivity contribution in [1.82, 2.24) is 24.9 Å². The van der Waals surface area contributed by atoms with E-state index in [4.69, 9.17) is 10.00 Å². The quantitative estimate of drug-likeness (QED) is 0.391. The molecule has 1 aromatic carbocycles. The summed E-state index contributed by atoms with van der Waals surface area (Å²) in [5.41, 5.74) is 1.76. The van der Waals surface area contributed by atoms with Crippen LogP contribution < -0.4 is 5.32 Å². The number of hydrogen-bond acceptors (Lipinski definition) is 8. The highest BCUT2D eigenvalue weighted by atomic mass is 32.2. The monoisotopic (exact) mass is 640 g/mol. The molecule has 0 atom stereocenters. The van der Waals surface area contributed by atoms with Crippen LogP contribution in [0.5, 0.6) is 0 Å². The fourth-order valence-electron chi connectivity index (χ4n) is 5.76. The van der Waals surface area contributed by atoms with E-state index in [0.29, 0.717) is 55.5 Å². The summed E-state index contributed by atoms with van der Waals surface area (Å²) in [5, 5.41) is 16.2. The van der Waals surface area contributed by atoms with E-state index in [1.165, 1.54) is 9.58 Å². The predicted octanol–water partition coefficient (Wildman–Crippen LogP) is 3.59. The van der Waals surface area contributed by atoms with E-state index in [1.54, 1.807) is 77.9 Å². The Morgan fingerprint density at radius 1 is 1.16 bits per heavy atom. The second-order valence-corrected chi connectivity index (χ2v) is 16.7. The molecule has 13 heteroatoms. The number of nitrogens with one attached hydrogen (secondary N) is 1. The number of fused-ring (bicyclic) bond motifs is 1. The van der Waals surface area contributed by atoms with Crippen molar-refractivity contribution in [3.63, 3.8) is 0 Å². The smallest absolute Gasteiger partial charge is 0.410 e. The third kappa shape index (κ3) is 7.16. The maximum absolute atomic E-state index is 14.0. The van der Waals surface area contributed by atoms with E-state index >= 15 is 0 Å². The highest BCUT2D eigenvalue weighted by molar-refractivity contribution is 7.94. The Morgan fingerprint density at radius 3 is 2.38 bits per heavy atom. The van der Waals surface area contributed by atoms with Gasteiger partial charge in [0, 0.05) is 45.8 Å². The largest absolute Gasteiger partial charge is 0.444 e. The average Bonchev–Trinajstić information content (AvgIpc) is 3.68. The van der Waals surface area contributed by atoms with Crippen molar-refractivity contribution in [3.8, 4) is 6.07 Å². The molecule has 2 aliphatic rings. The molecule has 4 rings (SSSR count). The van der Waals surface area contributed by atoms with Gasteiger partial charge in [-0.3, -0.25) is 14.3 Å². The lowest BCUT2D eigenvalue weighted by molar-refractivity contribution is 0.0295. The highest BCUT2D eigenvalue weighted by Gasteiger charge is 2.60. The van der Waals surface area contributed by atoms with Crippen molar-refractivity contribution in [2.24, 2.45) is 7.05 Å². The molecule has 1 aliphatic carbocycles. The number of ether oxygens (including phenoxy) is 1. The van der Waals surface area contributed by atoms with Crippen LogP contribution in [0.1, 0.15) is 98.0 Å². The van der Waals surface area contributed by atoms with Crippen LogP contribution in [0.3, 0.4) is 0 Å². The molecule has 0 unspecified atom stereocenters. The number of carbonyl (C=O) groups is 3. The topological polar surface area (TPSA) is 155 Å². The van der Waals surface area contributed by atoms with Crippen molar-refractivity contribution in [2.75, 3.05) is 26.7 Å². The summed E-state index contributed by atoms with van der Waals surface area (Å²) in [6.07, 6.45) is 1.71.